The van der Waals surface area contributed by atoms with Crippen LogP contribution in [0.5, 0.6) is 0 Å². The molecule has 0 saturated carbocycles. The summed E-state index contributed by atoms with van der Waals surface area (Å²) in [5.41, 5.74) is 0. The van der Waals surface area contributed by atoms with Crippen LogP contribution in [-0.2, 0) is 9.47 Å². The second kappa shape index (κ2) is 9.16. The molecule has 0 N–H and O–H groups in total. The number of nitrogens with zero attached hydrogens (tertiary/aromatic N) is 1. The van der Waals surface area contributed by atoms with E-state index in [9.17, 15) is 0 Å². The third kappa shape index (κ3) is 10.6. The van der Waals surface area contributed by atoms with Crippen molar-refractivity contribution in [1.29, 1.82) is 0 Å². The Morgan fingerprint density at radius 1 is 0.875 bits per heavy atom. The van der Waals surface area contributed by atoms with Crippen LogP contribution in [0.3, 0.4) is 0 Å². The van der Waals surface area contributed by atoms with E-state index in [-0.39, 0.29) is 0 Å². The zero-order chi connectivity index (χ0) is 12.4. The molecule has 0 saturated heterocycles. The van der Waals surface area contributed by atoms with Gasteiger partial charge in [0.1, 0.15) is 0 Å². The lowest BCUT2D eigenvalue weighted by molar-refractivity contribution is 0.114. The second-order valence-electron chi connectivity index (χ2n) is 5.49. The van der Waals surface area contributed by atoms with Gasteiger partial charge in [0, 0.05) is 35.4 Å². The van der Waals surface area contributed by atoms with Crippen LogP contribution in [-0.4, -0.2) is 60.0 Å². The fourth-order valence-electron chi connectivity index (χ4n) is 1.61. The maximum Gasteiger partial charge on any atom is 0.0589 e. The Balaban J connectivity index is 3.72. The summed E-state index contributed by atoms with van der Waals surface area (Å²) in [7, 11) is 2.65. The van der Waals surface area contributed by atoms with Crippen LogP contribution >= 0.6 is 0 Å². The summed E-state index contributed by atoms with van der Waals surface area (Å²) in [6.45, 7) is 12.1. The van der Waals surface area contributed by atoms with Gasteiger partial charge in [-0.05, 0) is 13.0 Å². The summed E-state index contributed by atoms with van der Waals surface area (Å²) < 4.78 is 10.3. The predicted octanol–water partition coefficient (Wildman–Crippen LogP) is 2.31. The molecule has 4 heteroatoms. The van der Waals surface area contributed by atoms with Gasteiger partial charge in [0.15, 0.2) is 0 Å². The number of methoxy groups -OCH3 is 2. The molecule has 0 heterocycles. The van der Waals surface area contributed by atoms with Crippen molar-refractivity contribution in [2.45, 2.75) is 32.1 Å². The van der Waals surface area contributed by atoms with E-state index in [1.54, 1.807) is 14.2 Å². The van der Waals surface area contributed by atoms with Gasteiger partial charge in [0.2, 0.25) is 0 Å². The summed E-state index contributed by atoms with van der Waals surface area (Å²) in [5.74, 6) is 0. The molecule has 0 bridgehead atoms. The van der Waals surface area contributed by atoms with Gasteiger partial charge in [-0.3, -0.25) is 4.90 Å². The minimum atomic E-state index is -0.876. The van der Waals surface area contributed by atoms with Crippen molar-refractivity contribution >= 4 is 8.07 Å². The Bertz CT molecular complexity index is 152. The van der Waals surface area contributed by atoms with E-state index in [0.29, 0.717) is 0 Å². The maximum absolute atomic E-state index is 5.13. The number of hydrogen-bond donors (Lipinski definition) is 0. The fraction of sp³-hybridized carbons (Fsp3) is 1.00. The molecule has 0 radical (unpaired) electrons. The van der Waals surface area contributed by atoms with Crippen molar-refractivity contribution in [1.82, 2.24) is 4.90 Å². The van der Waals surface area contributed by atoms with Crippen LogP contribution < -0.4 is 0 Å². The Morgan fingerprint density at radius 3 is 1.75 bits per heavy atom. The van der Waals surface area contributed by atoms with Crippen LogP contribution in [0.2, 0.25) is 25.7 Å². The number of rotatable bonds is 10. The van der Waals surface area contributed by atoms with E-state index in [4.69, 9.17) is 9.47 Å². The third-order valence-corrected chi connectivity index (χ3v) is 4.48. The molecule has 0 unspecified atom stereocenters. The van der Waals surface area contributed by atoms with Crippen LogP contribution in [0.25, 0.3) is 0 Å². The molecule has 0 spiro atoms. The molecule has 0 atom stereocenters. The third-order valence-electron chi connectivity index (χ3n) is 2.62. The standard InChI is InChI=1S/C12H29NO2Si/c1-14-10-8-13(9-11-15-2)7-6-12-16(3,4)5/h6-12H2,1-5H3. The van der Waals surface area contributed by atoms with Crippen LogP contribution in [0.1, 0.15) is 6.42 Å². The van der Waals surface area contributed by atoms with Gasteiger partial charge in [-0.1, -0.05) is 25.7 Å². The highest BCUT2D eigenvalue weighted by Gasteiger charge is 2.13. The van der Waals surface area contributed by atoms with Gasteiger partial charge < -0.3 is 9.47 Å². The zero-order valence-electron chi connectivity index (χ0n) is 11.7. The maximum atomic E-state index is 5.13. The molecule has 0 aliphatic carbocycles. The Hall–Kier alpha value is 0.0969. The second-order valence-corrected chi connectivity index (χ2v) is 11.1. The van der Waals surface area contributed by atoms with Gasteiger partial charge >= 0.3 is 0 Å². The molecule has 98 valence electrons. The van der Waals surface area contributed by atoms with E-state index in [1.807, 2.05) is 0 Å². The van der Waals surface area contributed by atoms with E-state index >= 15 is 0 Å². The van der Waals surface area contributed by atoms with Crippen molar-refractivity contribution in [2.24, 2.45) is 0 Å². The first-order chi connectivity index (χ1) is 7.49. The first-order valence-corrected chi connectivity index (χ1v) is 9.90. The molecule has 0 fully saturated rings. The van der Waals surface area contributed by atoms with Crippen LogP contribution in [0.4, 0.5) is 0 Å². The lowest BCUT2D eigenvalue weighted by Gasteiger charge is -2.23. The van der Waals surface area contributed by atoms with Crippen LogP contribution in [0.15, 0.2) is 0 Å². The molecule has 0 aromatic carbocycles. The molecule has 16 heavy (non-hydrogen) atoms. The SMILES string of the molecule is COCCN(CCC[Si](C)(C)C)CCOC. The lowest BCUT2D eigenvalue weighted by atomic mass is 10.4. The van der Waals surface area contributed by atoms with Crippen molar-refractivity contribution in [3.05, 3.63) is 0 Å². The summed E-state index contributed by atoms with van der Waals surface area (Å²) in [6.07, 6.45) is 1.31. The van der Waals surface area contributed by atoms with E-state index in [0.717, 1.165) is 26.3 Å². The summed E-state index contributed by atoms with van der Waals surface area (Å²) in [6, 6.07) is 1.41. The fourth-order valence-corrected chi connectivity index (χ4v) is 2.83. The summed E-state index contributed by atoms with van der Waals surface area (Å²) >= 11 is 0. The van der Waals surface area contributed by atoms with E-state index in [2.05, 4.69) is 24.5 Å². The molecule has 0 aromatic heterocycles. The van der Waals surface area contributed by atoms with Gasteiger partial charge in [-0.25, -0.2) is 0 Å². The minimum absolute atomic E-state index is 0.816. The molecular weight excluding hydrogens is 218 g/mol. The lowest BCUT2D eigenvalue weighted by Crippen LogP contribution is -2.32. The molecule has 0 aromatic rings. The molecular formula is C12H29NO2Si. The molecule has 0 aliphatic heterocycles. The van der Waals surface area contributed by atoms with Gasteiger partial charge in [0.05, 0.1) is 13.2 Å². The number of hydrogen-bond acceptors (Lipinski definition) is 3. The van der Waals surface area contributed by atoms with Crippen molar-refractivity contribution in [3.8, 4) is 0 Å². The van der Waals surface area contributed by atoms with Gasteiger partial charge in [-0.2, -0.15) is 0 Å². The van der Waals surface area contributed by atoms with E-state index in [1.165, 1.54) is 19.0 Å². The van der Waals surface area contributed by atoms with Gasteiger partial charge in [0.25, 0.3) is 0 Å². The Morgan fingerprint density at radius 2 is 1.38 bits per heavy atom. The van der Waals surface area contributed by atoms with Crippen molar-refractivity contribution in [3.63, 3.8) is 0 Å². The largest absolute Gasteiger partial charge is 0.383 e. The van der Waals surface area contributed by atoms with Crippen molar-refractivity contribution in [2.75, 3.05) is 47.1 Å². The molecule has 0 amide bonds. The summed E-state index contributed by atoms with van der Waals surface area (Å²) in [5, 5.41) is 0. The van der Waals surface area contributed by atoms with E-state index < -0.39 is 8.07 Å². The molecule has 0 aliphatic rings. The zero-order valence-corrected chi connectivity index (χ0v) is 12.7. The summed E-state index contributed by atoms with van der Waals surface area (Å²) in [4.78, 5) is 2.44. The number of ether oxygens (including phenoxy) is 2. The highest BCUT2D eigenvalue weighted by Crippen LogP contribution is 2.11. The first kappa shape index (κ1) is 16.1. The smallest absolute Gasteiger partial charge is 0.0589 e. The van der Waals surface area contributed by atoms with Gasteiger partial charge in [-0.15, -0.1) is 0 Å². The first-order valence-electron chi connectivity index (χ1n) is 6.20. The Kier molecular flexibility index (Phi) is 9.22. The highest BCUT2D eigenvalue weighted by molar-refractivity contribution is 6.76. The molecule has 3 nitrogen and oxygen atoms in total. The highest BCUT2D eigenvalue weighted by atomic mass is 28.3. The Labute approximate surface area is 102 Å². The quantitative estimate of drug-likeness (QED) is 0.553. The average molecular weight is 247 g/mol. The topological polar surface area (TPSA) is 21.7 Å². The monoisotopic (exact) mass is 247 g/mol. The normalized spacial score (nSPS) is 12.4. The van der Waals surface area contributed by atoms with Crippen molar-refractivity contribution < 1.29 is 9.47 Å². The van der Waals surface area contributed by atoms with Crippen LogP contribution in [0, 0.1) is 0 Å². The average Bonchev–Trinajstić information content (AvgIpc) is 2.19. The predicted molar refractivity (Wildman–Crippen MR) is 73.0 cm³/mol. The molecule has 0 rings (SSSR count). The minimum Gasteiger partial charge on any atom is -0.383 e.